The molecule has 1 atom stereocenters. The summed E-state index contributed by atoms with van der Waals surface area (Å²) < 4.78 is 0. The van der Waals surface area contributed by atoms with E-state index < -0.39 is 16.9 Å². The number of nitro groups is 1. The van der Waals surface area contributed by atoms with Gasteiger partial charge in [-0.15, -0.1) is 0 Å². The summed E-state index contributed by atoms with van der Waals surface area (Å²) in [4.78, 5) is 23.8. The van der Waals surface area contributed by atoms with Crippen molar-refractivity contribution in [2.45, 2.75) is 18.9 Å². The lowest BCUT2D eigenvalue weighted by molar-refractivity contribution is -0.385. The fourth-order valence-electron chi connectivity index (χ4n) is 2.01. The van der Waals surface area contributed by atoms with Gasteiger partial charge >= 0.3 is 0 Å². The van der Waals surface area contributed by atoms with Gasteiger partial charge in [0.1, 0.15) is 5.56 Å². The maximum absolute atomic E-state index is 12.2. The molecule has 1 amide bonds. The Labute approximate surface area is 110 Å². The second kappa shape index (κ2) is 5.36. The summed E-state index contributed by atoms with van der Waals surface area (Å²) >= 11 is 0. The number of amides is 1. The molecule has 19 heavy (non-hydrogen) atoms. The van der Waals surface area contributed by atoms with E-state index >= 15 is 0 Å². The molecule has 0 heterocycles. The molecule has 6 heteroatoms. The number of nitrogens with zero attached hydrogens (tertiary/aromatic N) is 2. The van der Waals surface area contributed by atoms with Gasteiger partial charge in [0, 0.05) is 19.7 Å². The van der Waals surface area contributed by atoms with Gasteiger partial charge in [-0.2, -0.15) is 0 Å². The van der Waals surface area contributed by atoms with Crippen LogP contribution in [0.5, 0.6) is 0 Å². The molecule has 0 radical (unpaired) electrons. The van der Waals surface area contributed by atoms with E-state index in [1.165, 1.54) is 23.1 Å². The molecular weight excluding hydrogens is 248 g/mol. The maximum Gasteiger partial charge on any atom is 0.282 e. The first kappa shape index (κ1) is 13.5. The number of aliphatic hydroxyl groups excluding tert-OH is 1. The second-order valence-electron chi connectivity index (χ2n) is 4.86. The lowest BCUT2D eigenvalue weighted by Gasteiger charge is -2.20. The van der Waals surface area contributed by atoms with Crippen LogP contribution in [0.3, 0.4) is 0 Å². The summed E-state index contributed by atoms with van der Waals surface area (Å²) in [6.45, 7) is 0.204. The van der Waals surface area contributed by atoms with Crippen LogP contribution in [0.1, 0.15) is 23.2 Å². The summed E-state index contributed by atoms with van der Waals surface area (Å²) in [6, 6.07) is 5.85. The third-order valence-electron chi connectivity index (χ3n) is 3.30. The molecule has 0 saturated heterocycles. The molecule has 1 aliphatic rings. The Kier molecular flexibility index (Phi) is 3.80. The van der Waals surface area contributed by atoms with Gasteiger partial charge in [-0.1, -0.05) is 12.1 Å². The Hall–Kier alpha value is -1.95. The highest BCUT2D eigenvalue weighted by atomic mass is 16.6. The van der Waals surface area contributed by atoms with Crippen LogP contribution in [0.2, 0.25) is 0 Å². The van der Waals surface area contributed by atoms with Crippen molar-refractivity contribution in [2.24, 2.45) is 5.92 Å². The van der Waals surface area contributed by atoms with Crippen molar-refractivity contribution in [3.8, 4) is 0 Å². The Morgan fingerprint density at radius 3 is 2.74 bits per heavy atom. The van der Waals surface area contributed by atoms with Gasteiger partial charge in [-0.3, -0.25) is 14.9 Å². The minimum Gasteiger partial charge on any atom is -0.391 e. The highest BCUT2D eigenvalue weighted by molar-refractivity contribution is 5.97. The van der Waals surface area contributed by atoms with Crippen molar-refractivity contribution in [2.75, 3.05) is 13.6 Å². The molecule has 1 aromatic rings. The summed E-state index contributed by atoms with van der Waals surface area (Å²) in [6.07, 6.45) is 1.42. The van der Waals surface area contributed by atoms with Crippen molar-refractivity contribution in [1.29, 1.82) is 0 Å². The monoisotopic (exact) mass is 264 g/mol. The summed E-state index contributed by atoms with van der Waals surface area (Å²) in [7, 11) is 1.55. The van der Waals surface area contributed by atoms with Crippen LogP contribution in [0.25, 0.3) is 0 Å². The molecule has 1 aliphatic carbocycles. The van der Waals surface area contributed by atoms with Crippen LogP contribution in [-0.4, -0.2) is 40.5 Å². The summed E-state index contributed by atoms with van der Waals surface area (Å²) in [5.74, 6) is -0.173. The second-order valence-corrected chi connectivity index (χ2v) is 4.86. The van der Waals surface area contributed by atoms with Crippen LogP contribution in [0.4, 0.5) is 5.69 Å². The van der Waals surface area contributed by atoms with E-state index in [1.54, 1.807) is 13.1 Å². The summed E-state index contributed by atoms with van der Waals surface area (Å²) in [5.41, 5.74) is -0.154. The van der Waals surface area contributed by atoms with E-state index in [2.05, 4.69) is 0 Å². The molecule has 1 N–H and O–H groups in total. The quantitative estimate of drug-likeness (QED) is 0.644. The van der Waals surface area contributed by atoms with E-state index in [0.717, 1.165) is 12.8 Å². The standard InChI is InChI=1S/C13H16N2O4/c1-14(8-12(16)9-6-7-9)13(17)10-4-2-3-5-11(10)15(18)19/h2-5,9,12,16H,6-8H2,1H3. The zero-order valence-electron chi connectivity index (χ0n) is 10.7. The van der Waals surface area contributed by atoms with Gasteiger partial charge in [-0.05, 0) is 24.8 Å². The van der Waals surface area contributed by atoms with Crippen LogP contribution in [0.15, 0.2) is 24.3 Å². The molecule has 2 rings (SSSR count). The van der Waals surface area contributed by atoms with Crippen LogP contribution < -0.4 is 0 Å². The number of likely N-dealkylation sites (N-methyl/N-ethyl adjacent to an activating group) is 1. The molecule has 1 fully saturated rings. The Morgan fingerprint density at radius 1 is 1.53 bits per heavy atom. The number of nitro benzene ring substituents is 1. The average molecular weight is 264 g/mol. The number of para-hydroxylation sites is 1. The van der Waals surface area contributed by atoms with Crippen molar-refractivity contribution in [1.82, 2.24) is 4.90 Å². The number of rotatable bonds is 5. The number of hydrogen-bond acceptors (Lipinski definition) is 4. The molecule has 6 nitrogen and oxygen atoms in total. The molecule has 1 saturated carbocycles. The zero-order valence-corrected chi connectivity index (χ0v) is 10.7. The van der Waals surface area contributed by atoms with Gasteiger partial charge < -0.3 is 10.0 Å². The first-order valence-electron chi connectivity index (χ1n) is 6.17. The first-order valence-corrected chi connectivity index (χ1v) is 6.17. The normalized spacial score (nSPS) is 15.9. The predicted octanol–water partition coefficient (Wildman–Crippen LogP) is 1.44. The number of hydrogen-bond donors (Lipinski definition) is 1. The number of carbonyl (C=O) groups is 1. The molecule has 0 bridgehead atoms. The highest BCUT2D eigenvalue weighted by Crippen LogP contribution is 2.33. The van der Waals surface area contributed by atoms with E-state index in [0.29, 0.717) is 0 Å². The lowest BCUT2D eigenvalue weighted by Crippen LogP contribution is -2.35. The van der Waals surface area contributed by atoms with Gasteiger partial charge in [0.2, 0.25) is 0 Å². The van der Waals surface area contributed by atoms with Crippen molar-refractivity contribution < 1.29 is 14.8 Å². The van der Waals surface area contributed by atoms with Crippen molar-refractivity contribution in [3.63, 3.8) is 0 Å². The van der Waals surface area contributed by atoms with E-state index in [-0.39, 0.29) is 23.7 Å². The van der Waals surface area contributed by atoms with E-state index in [4.69, 9.17) is 0 Å². The fourth-order valence-corrected chi connectivity index (χ4v) is 2.01. The van der Waals surface area contributed by atoms with Gasteiger partial charge in [0.05, 0.1) is 11.0 Å². The predicted molar refractivity (Wildman–Crippen MR) is 68.8 cm³/mol. The molecule has 102 valence electrons. The summed E-state index contributed by atoms with van der Waals surface area (Å²) in [5, 5.41) is 20.7. The Balaban J connectivity index is 2.12. The molecule has 0 aliphatic heterocycles. The van der Waals surface area contributed by atoms with Crippen molar-refractivity contribution in [3.05, 3.63) is 39.9 Å². The third-order valence-corrected chi connectivity index (χ3v) is 3.30. The largest absolute Gasteiger partial charge is 0.391 e. The highest BCUT2D eigenvalue weighted by Gasteiger charge is 2.32. The smallest absolute Gasteiger partial charge is 0.282 e. The minimum atomic E-state index is -0.571. The molecule has 0 spiro atoms. The Morgan fingerprint density at radius 2 is 2.16 bits per heavy atom. The number of aliphatic hydroxyl groups is 1. The Bertz CT molecular complexity index is 499. The number of carbonyl (C=O) groups excluding carboxylic acids is 1. The van der Waals surface area contributed by atoms with Gasteiger partial charge in [0.25, 0.3) is 11.6 Å². The van der Waals surface area contributed by atoms with Crippen LogP contribution in [-0.2, 0) is 0 Å². The maximum atomic E-state index is 12.2. The molecule has 0 aromatic heterocycles. The average Bonchev–Trinajstić information content (AvgIpc) is 3.21. The van der Waals surface area contributed by atoms with Crippen LogP contribution >= 0.6 is 0 Å². The topological polar surface area (TPSA) is 83.7 Å². The molecule has 1 aromatic carbocycles. The van der Waals surface area contributed by atoms with Gasteiger partial charge in [-0.25, -0.2) is 0 Å². The number of benzene rings is 1. The van der Waals surface area contributed by atoms with Crippen molar-refractivity contribution >= 4 is 11.6 Å². The lowest BCUT2D eigenvalue weighted by atomic mass is 10.1. The molecular formula is C13H16N2O4. The molecule has 1 unspecified atom stereocenters. The SMILES string of the molecule is CN(CC(O)C1CC1)C(=O)c1ccccc1[N+](=O)[O-]. The van der Waals surface area contributed by atoms with Crippen LogP contribution in [0, 0.1) is 16.0 Å². The fraction of sp³-hybridized carbons (Fsp3) is 0.462. The van der Waals surface area contributed by atoms with Gasteiger partial charge in [0.15, 0.2) is 0 Å². The zero-order chi connectivity index (χ0) is 14.0. The van der Waals surface area contributed by atoms with E-state index in [1.807, 2.05) is 0 Å². The third kappa shape index (κ3) is 3.08. The minimum absolute atomic E-state index is 0.0537. The van der Waals surface area contributed by atoms with E-state index in [9.17, 15) is 20.0 Å². The first-order chi connectivity index (χ1) is 9.00.